The number of fused-ring (bicyclic) bond motifs is 1. The number of aromatic nitrogens is 7. The van der Waals surface area contributed by atoms with E-state index in [4.69, 9.17) is 0 Å². The zero-order chi connectivity index (χ0) is 13.8. The Kier molecular flexibility index (Phi) is 3.40. The molecule has 0 saturated heterocycles. The number of rotatable bonds is 6. The lowest BCUT2D eigenvalue weighted by molar-refractivity contribution is 0.608. The first kappa shape index (κ1) is 12.3. The quantitative estimate of drug-likeness (QED) is 0.599. The van der Waals surface area contributed by atoms with Gasteiger partial charge in [0, 0.05) is 19.3 Å². The number of nitrogens with zero attached hydrogens (tertiary/aromatic N) is 6. The molecule has 9 nitrogen and oxygen atoms in total. The van der Waals surface area contributed by atoms with Gasteiger partial charge in [-0.15, -0.1) is 5.10 Å². The van der Waals surface area contributed by atoms with Gasteiger partial charge >= 0.3 is 0 Å². The molecule has 3 heterocycles. The van der Waals surface area contributed by atoms with Crippen LogP contribution in [-0.2, 0) is 6.54 Å². The lowest BCUT2D eigenvalue weighted by Crippen LogP contribution is -2.13. The molecule has 0 fully saturated rings. The van der Waals surface area contributed by atoms with Crippen molar-refractivity contribution in [2.75, 3.05) is 23.7 Å². The number of hydrogen-bond acceptors (Lipinski definition) is 7. The summed E-state index contributed by atoms with van der Waals surface area (Å²) in [6.07, 6.45) is 5.18. The molecule has 20 heavy (non-hydrogen) atoms. The molecule has 3 N–H and O–H groups in total. The second-order valence-electron chi connectivity index (χ2n) is 4.15. The monoisotopic (exact) mass is 273 g/mol. The number of aromatic amines is 1. The van der Waals surface area contributed by atoms with Crippen LogP contribution in [0.5, 0.6) is 0 Å². The Morgan fingerprint density at radius 1 is 1.30 bits per heavy atom. The van der Waals surface area contributed by atoms with Gasteiger partial charge in [-0.05, 0) is 6.92 Å². The molecule has 0 unspecified atom stereocenters. The van der Waals surface area contributed by atoms with Gasteiger partial charge in [0.05, 0.1) is 24.3 Å². The van der Waals surface area contributed by atoms with Crippen molar-refractivity contribution >= 4 is 22.8 Å². The topological polar surface area (TPSA) is 109 Å². The summed E-state index contributed by atoms with van der Waals surface area (Å²) in [6.45, 7) is 4.16. The molecule has 0 saturated carbocycles. The minimum absolute atomic E-state index is 0.576. The molecule has 3 aromatic heterocycles. The highest BCUT2D eigenvalue weighted by molar-refractivity contribution is 5.86. The predicted molar refractivity (Wildman–Crippen MR) is 74.4 cm³/mol. The highest BCUT2D eigenvalue weighted by Crippen LogP contribution is 2.19. The molecule has 0 radical (unpaired) electrons. The van der Waals surface area contributed by atoms with Crippen LogP contribution in [0.15, 0.2) is 18.6 Å². The van der Waals surface area contributed by atoms with E-state index in [-0.39, 0.29) is 0 Å². The van der Waals surface area contributed by atoms with Crippen LogP contribution < -0.4 is 10.6 Å². The second-order valence-corrected chi connectivity index (χ2v) is 4.15. The zero-order valence-electron chi connectivity index (χ0n) is 11.0. The van der Waals surface area contributed by atoms with Crippen LogP contribution in [0, 0.1) is 0 Å². The summed E-state index contributed by atoms with van der Waals surface area (Å²) < 4.78 is 1.76. The summed E-state index contributed by atoms with van der Waals surface area (Å²) in [7, 11) is 0. The highest BCUT2D eigenvalue weighted by Gasteiger charge is 2.08. The van der Waals surface area contributed by atoms with Gasteiger partial charge in [0.15, 0.2) is 5.65 Å². The second kappa shape index (κ2) is 5.51. The fourth-order valence-corrected chi connectivity index (χ4v) is 1.85. The van der Waals surface area contributed by atoms with Gasteiger partial charge in [0.25, 0.3) is 0 Å². The van der Waals surface area contributed by atoms with Crippen molar-refractivity contribution in [3.63, 3.8) is 0 Å². The lowest BCUT2D eigenvalue weighted by atomic mass is 10.4. The lowest BCUT2D eigenvalue weighted by Gasteiger charge is -2.08. The van der Waals surface area contributed by atoms with E-state index in [1.165, 1.54) is 0 Å². The average Bonchev–Trinajstić information content (AvgIpc) is 3.09. The predicted octanol–water partition coefficient (Wildman–Crippen LogP) is 0.488. The van der Waals surface area contributed by atoms with E-state index in [0.29, 0.717) is 24.7 Å². The molecule has 0 aliphatic rings. The summed E-state index contributed by atoms with van der Waals surface area (Å²) in [5.41, 5.74) is 0.708. The van der Waals surface area contributed by atoms with Crippen molar-refractivity contribution in [3.05, 3.63) is 18.6 Å². The smallest absolute Gasteiger partial charge is 0.226 e. The molecule has 104 valence electrons. The van der Waals surface area contributed by atoms with E-state index in [0.717, 1.165) is 17.7 Å². The van der Waals surface area contributed by atoms with E-state index in [1.54, 1.807) is 17.1 Å². The van der Waals surface area contributed by atoms with Gasteiger partial charge in [-0.25, -0.2) is 0 Å². The SMILES string of the molecule is CCNc1nc(NCCn2ccnn2)c2cn[nH]c2n1. The van der Waals surface area contributed by atoms with Crippen LogP contribution in [0.4, 0.5) is 11.8 Å². The van der Waals surface area contributed by atoms with Gasteiger partial charge in [-0.2, -0.15) is 15.1 Å². The molecule has 0 aliphatic heterocycles. The molecular weight excluding hydrogens is 258 g/mol. The van der Waals surface area contributed by atoms with Gasteiger partial charge < -0.3 is 10.6 Å². The van der Waals surface area contributed by atoms with Crippen LogP contribution in [0.25, 0.3) is 11.0 Å². The first-order valence-corrected chi connectivity index (χ1v) is 6.40. The van der Waals surface area contributed by atoms with Crippen LogP contribution in [0.2, 0.25) is 0 Å². The van der Waals surface area contributed by atoms with Crippen molar-refractivity contribution in [3.8, 4) is 0 Å². The van der Waals surface area contributed by atoms with E-state index in [2.05, 4.69) is 41.1 Å². The normalized spacial score (nSPS) is 10.8. The van der Waals surface area contributed by atoms with E-state index >= 15 is 0 Å². The molecule has 0 aliphatic carbocycles. The Balaban J connectivity index is 1.76. The Hall–Kier alpha value is -2.71. The number of anilines is 2. The third-order valence-electron chi connectivity index (χ3n) is 2.75. The Morgan fingerprint density at radius 2 is 2.25 bits per heavy atom. The van der Waals surface area contributed by atoms with Crippen molar-refractivity contribution in [2.45, 2.75) is 13.5 Å². The zero-order valence-corrected chi connectivity index (χ0v) is 11.0. The van der Waals surface area contributed by atoms with Crippen molar-refractivity contribution in [1.82, 2.24) is 35.2 Å². The van der Waals surface area contributed by atoms with Crippen LogP contribution in [0.3, 0.4) is 0 Å². The maximum Gasteiger partial charge on any atom is 0.226 e. The van der Waals surface area contributed by atoms with Gasteiger partial charge in [0.1, 0.15) is 5.82 Å². The number of H-pyrrole nitrogens is 1. The van der Waals surface area contributed by atoms with Gasteiger partial charge in [-0.1, -0.05) is 5.21 Å². The van der Waals surface area contributed by atoms with Gasteiger partial charge in [0.2, 0.25) is 5.95 Å². The van der Waals surface area contributed by atoms with Crippen molar-refractivity contribution < 1.29 is 0 Å². The molecule has 0 aromatic carbocycles. The van der Waals surface area contributed by atoms with Gasteiger partial charge in [-0.3, -0.25) is 9.78 Å². The summed E-state index contributed by atoms with van der Waals surface area (Å²) in [6, 6.07) is 0. The number of hydrogen-bond donors (Lipinski definition) is 3. The summed E-state index contributed by atoms with van der Waals surface area (Å²) >= 11 is 0. The van der Waals surface area contributed by atoms with Crippen LogP contribution in [0.1, 0.15) is 6.92 Å². The Labute approximate surface area is 114 Å². The molecule has 3 rings (SSSR count). The minimum Gasteiger partial charge on any atom is -0.367 e. The highest BCUT2D eigenvalue weighted by atomic mass is 15.4. The van der Waals surface area contributed by atoms with E-state index in [1.807, 2.05) is 13.1 Å². The maximum absolute atomic E-state index is 4.44. The van der Waals surface area contributed by atoms with Crippen molar-refractivity contribution in [1.29, 1.82) is 0 Å². The van der Waals surface area contributed by atoms with Crippen LogP contribution >= 0.6 is 0 Å². The van der Waals surface area contributed by atoms with E-state index < -0.39 is 0 Å². The fraction of sp³-hybridized carbons (Fsp3) is 0.364. The third kappa shape index (κ3) is 2.51. The average molecular weight is 273 g/mol. The summed E-state index contributed by atoms with van der Waals surface area (Å²) in [5, 5.41) is 21.8. The largest absolute Gasteiger partial charge is 0.367 e. The fourth-order valence-electron chi connectivity index (χ4n) is 1.85. The first-order chi connectivity index (χ1) is 9.86. The van der Waals surface area contributed by atoms with E-state index in [9.17, 15) is 0 Å². The van der Waals surface area contributed by atoms with Crippen LogP contribution in [-0.4, -0.2) is 48.2 Å². The summed E-state index contributed by atoms with van der Waals surface area (Å²) in [5.74, 6) is 1.33. The molecule has 0 atom stereocenters. The standard InChI is InChI=1S/C11H15N9/c1-2-12-11-16-9(8-7-15-18-10(8)17-11)13-3-5-20-6-4-14-19-20/h4,6-7H,2-3,5H2,1H3,(H3,12,13,15,16,17,18). The molecule has 3 aromatic rings. The molecule has 0 spiro atoms. The molecular formula is C11H15N9. The molecule has 0 bridgehead atoms. The minimum atomic E-state index is 0.576. The molecule has 9 heteroatoms. The summed E-state index contributed by atoms with van der Waals surface area (Å²) in [4.78, 5) is 8.78. The Morgan fingerprint density at radius 3 is 3.05 bits per heavy atom. The maximum atomic E-state index is 4.44. The van der Waals surface area contributed by atoms with Crippen molar-refractivity contribution in [2.24, 2.45) is 0 Å². The third-order valence-corrected chi connectivity index (χ3v) is 2.75. The Bertz CT molecular complexity index is 672. The first-order valence-electron chi connectivity index (χ1n) is 6.40. The molecule has 0 amide bonds. The number of nitrogens with one attached hydrogen (secondary N) is 3.